The minimum absolute atomic E-state index is 0.326. The summed E-state index contributed by atoms with van der Waals surface area (Å²) in [6, 6.07) is 2.96. The summed E-state index contributed by atoms with van der Waals surface area (Å²) in [6.45, 7) is 4.61. The number of sulfone groups is 1. The van der Waals surface area contributed by atoms with Crippen LogP contribution in [0, 0.1) is 19.7 Å². The van der Waals surface area contributed by atoms with Crippen LogP contribution in [0.5, 0.6) is 0 Å². The molecule has 0 saturated heterocycles. The quantitative estimate of drug-likeness (QED) is 0.903. The Kier molecular flexibility index (Phi) is 3.94. The van der Waals surface area contributed by atoms with E-state index in [1.54, 1.807) is 13.8 Å². The number of hydrogen-bond acceptors (Lipinski definition) is 3. The fourth-order valence-electron chi connectivity index (χ4n) is 1.66. The maximum atomic E-state index is 13.4. The summed E-state index contributed by atoms with van der Waals surface area (Å²) in [7, 11) is -3.33. The van der Waals surface area contributed by atoms with Gasteiger partial charge in [-0.05, 0) is 37.5 Å². The Hall–Kier alpha value is -0.940. The molecule has 17 heavy (non-hydrogen) atoms. The van der Waals surface area contributed by atoms with Gasteiger partial charge in [-0.3, -0.25) is 0 Å². The van der Waals surface area contributed by atoms with E-state index < -0.39 is 21.2 Å². The summed E-state index contributed by atoms with van der Waals surface area (Å²) in [4.78, 5) is 0. The number of halogens is 1. The maximum absolute atomic E-state index is 13.4. The van der Waals surface area contributed by atoms with Crippen LogP contribution in [0.3, 0.4) is 0 Å². The van der Waals surface area contributed by atoms with Crippen molar-refractivity contribution in [3.8, 4) is 0 Å². The lowest BCUT2D eigenvalue weighted by atomic mass is 10.0. The second kappa shape index (κ2) is 4.74. The van der Waals surface area contributed by atoms with Crippen molar-refractivity contribution >= 4 is 9.84 Å². The Balaban J connectivity index is 3.18. The molecule has 0 amide bonds. The molecular weight excluding hydrogens is 243 g/mol. The molecule has 0 bridgehead atoms. The highest BCUT2D eigenvalue weighted by Crippen LogP contribution is 2.25. The first-order valence-electron chi connectivity index (χ1n) is 5.28. The number of aliphatic hydroxyl groups excluding tert-OH is 1. The van der Waals surface area contributed by atoms with E-state index in [1.165, 1.54) is 19.1 Å². The first-order valence-corrected chi connectivity index (χ1v) is 7.23. The number of benzene rings is 1. The Morgan fingerprint density at radius 1 is 1.24 bits per heavy atom. The lowest BCUT2D eigenvalue weighted by Gasteiger charge is -2.18. The van der Waals surface area contributed by atoms with Crippen molar-refractivity contribution in [2.45, 2.75) is 32.1 Å². The highest BCUT2D eigenvalue weighted by Gasteiger charge is 2.26. The summed E-state index contributed by atoms with van der Waals surface area (Å²) in [5.74, 6) is -0.326. The average Bonchev–Trinajstić information content (AvgIpc) is 2.21. The van der Waals surface area contributed by atoms with Gasteiger partial charge in [-0.25, -0.2) is 12.8 Å². The van der Waals surface area contributed by atoms with Crippen molar-refractivity contribution in [3.63, 3.8) is 0 Å². The van der Waals surface area contributed by atoms with E-state index in [1.807, 2.05) is 0 Å². The van der Waals surface area contributed by atoms with E-state index in [4.69, 9.17) is 0 Å². The lowest BCUT2D eigenvalue weighted by molar-refractivity contribution is 0.176. The molecule has 0 fully saturated rings. The first kappa shape index (κ1) is 14.1. The van der Waals surface area contributed by atoms with Crippen molar-refractivity contribution in [2.75, 3.05) is 6.26 Å². The Morgan fingerprint density at radius 3 is 2.00 bits per heavy atom. The third-order valence-electron chi connectivity index (χ3n) is 2.92. The molecule has 2 atom stereocenters. The molecule has 0 aliphatic carbocycles. The second-order valence-electron chi connectivity index (χ2n) is 4.45. The van der Waals surface area contributed by atoms with E-state index in [0.29, 0.717) is 16.7 Å². The summed E-state index contributed by atoms with van der Waals surface area (Å²) >= 11 is 0. The van der Waals surface area contributed by atoms with Gasteiger partial charge in [0.1, 0.15) is 5.82 Å². The molecule has 1 aromatic rings. The predicted octanol–water partition coefficient (Wildman–Crippen LogP) is 1.91. The van der Waals surface area contributed by atoms with Crippen LogP contribution in [0.25, 0.3) is 0 Å². The Labute approximate surface area is 101 Å². The van der Waals surface area contributed by atoms with E-state index >= 15 is 0 Å². The molecule has 1 rings (SSSR count). The van der Waals surface area contributed by atoms with E-state index in [0.717, 1.165) is 6.26 Å². The van der Waals surface area contributed by atoms with Crippen LogP contribution in [-0.4, -0.2) is 25.0 Å². The Bertz CT molecular complexity index is 500. The average molecular weight is 260 g/mol. The van der Waals surface area contributed by atoms with Crippen molar-refractivity contribution in [1.82, 2.24) is 0 Å². The van der Waals surface area contributed by atoms with Crippen LogP contribution in [0.4, 0.5) is 4.39 Å². The maximum Gasteiger partial charge on any atom is 0.152 e. The van der Waals surface area contributed by atoms with Gasteiger partial charge in [-0.15, -0.1) is 0 Å². The van der Waals surface area contributed by atoms with Crippen LogP contribution < -0.4 is 0 Å². The summed E-state index contributed by atoms with van der Waals surface area (Å²) in [6.07, 6.45) is -0.0626. The minimum Gasteiger partial charge on any atom is -0.387 e. The van der Waals surface area contributed by atoms with Gasteiger partial charge >= 0.3 is 0 Å². The summed E-state index contributed by atoms with van der Waals surface area (Å²) in [5.41, 5.74) is 1.24. The molecule has 0 radical (unpaired) electrons. The van der Waals surface area contributed by atoms with E-state index in [2.05, 4.69) is 0 Å². The molecule has 2 unspecified atom stereocenters. The fraction of sp³-hybridized carbons (Fsp3) is 0.500. The first-order chi connectivity index (χ1) is 7.64. The third-order valence-corrected chi connectivity index (χ3v) is 4.53. The molecule has 3 nitrogen and oxygen atoms in total. The SMILES string of the molecule is Cc1cc(C(O)C(C)S(C)(=O)=O)cc(C)c1F. The molecule has 96 valence electrons. The minimum atomic E-state index is -3.33. The van der Waals surface area contributed by atoms with Crippen molar-refractivity contribution in [1.29, 1.82) is 0 Å². The third kappa shape index (κ3) is 3.04. The van der Waals surface area contributed by atoms with Gasteiger partial charge in [0.2, 0.25) is 0 Å². The number of rotatable bonds is 3. The second-order valence-corrected chi connectivity index (χ2v) is 6.85. The molecule has 0 aliphatic heterocycles. The largest absolute Gasteiger partial charge is 0.387 e. The molecule has 0 saturated carbocycles. The molecule has 5 heteroatoms. The van der Waals surface area contributed by atoms with Gasteiger partial charge < -0.3 is 5.11 Å². The van der Waals surface area contributed by atoms with E-state index in [9.17, 15) is 17.9 Å². The summed E-state index contributed by atoms with van der Waals surface area (Å²) < 4.78 is 36.1. The number of aliphatic hydroxyl groups is 1. The Morgan fingerprint density at radius 2 is 1.65 bits per heavy atom. The van der Waals surface area contributed by atoms with Crippen LogP contribution in [0.1, 0.15) is 29.7 Å². The highest BCUT2D eigenvalue weighted by molar-refractivity contribution is 7.91. The topological polar surface area (TPSA) is 54.4 Å². The highest BCUT2D eigenvalue weighted by atomic mass is 32.2. The monoisotopic (exact) mass is 260 g/mol. The van der Waals surface area contributed by atoms with Gasteiger partial charge in [-0.1, -0.05) is 12.1 Å². The zero-order chi connectivity index (χ0) is 13.4. The van der Waals surface area contributed by atoms with Crippen molar-refractivity contribution < 1.29 is 17.9 Å². The van der Waals surface area contributed by atoms with E-state index in [-0.39, 0.29) is 5.82 Å². The lowest BCUT2D eigenvalue weighted by Crippen LogP contribution is -2.24. The number of aryl methyl sites for hydroxylation is 2. The normalized spacial score (nSPS) is 15.6. The molecule has 0 heterocycles. The zero-order valence-corrected chi connectivity index (χ0v) is 11.2. The van der Waals surface area contributed by atoms with Crippen LogP contribution >= 0.6 is 0 Å². The molecule has 1 N–H and O–H groups in total. The smallest absolute Gasteiger partial charge is 0.152 e. The molecule has 0 aliphatic rings. The van der Waals surface area contributed by atoms with Crippen molar-refractivity contribution in [2.24, 2.45) is 0 Å². The summed E-state index contributed by atoms with van der Waals surface area (Å²) in [5, 5.41) is 9.05. The fourth-order valence-corrected chi connectivity index (χ4v) is 2.28. The van der Waals surface area contributed by atoms with Gasteiger partial charge in [0.25, 0.3) is 0 Å². The molecule has 1 aromatic carbocycles. The van der Waals surface area contributed by atoms with Gasteiger partial charge in [0.15, 0.2) is 9.84 Å². The predicted molar refractivity (Wildman–Crippen MR) is 65.1 cm³/mol. The number of hydrogen-bond donors (Lipinski definition) is 1. The standard InChI is InChI=1S/C12H17FO3S/c1-7-5-10(6-8(2)11(7)13)12(14)9(3)17(4,15)16/h5-6,9,12,14H,1-4H3. The molecular formula is C12H17FO3S. The van der Waals surface area contributed by atoms with Crippen molar-refractivity contribution in [3.05, 3.63) is 34.6 Å². The van der Waals surface area contributed by atoms with Gasteiger partial charge in [0, 0.05) is 6.26 Å². The van der Waals surface area contributed by atoms with Gasteiger partial charge in [0.05, 0.1) is 11.4 Å². The van der Waals surface area contributed by atoms with Crippen LogP contribution in [0.2, 0.25) is 0 Å². The van der Waals surface area contributed by atoms with Gasteiger partial charge in [-0.2, -0.15) is 0 Å². The van der Waals surface area contributed by atoms with Crippen LogP contribution in [-0.2, 0) is 9.84 Å². The molecule has 0 aromatic heterocycles. The van der Waals surface area contributed by atoms with Crippen LogP contribution in [0.15, 0.2) is 12.1 Å². The molecule has 0 spiro atoms. The zero-order valence-electron chi connectivity index (χ0n) is 10.4.